The van der Waals surface area contributed by atoms with Gasteiger partial charge in [0.25, 0.3) is 0 Å². The zero-order chi connectivity index (χ0) is 28.1. The van der Waals surface area contributed by atoms with Gasteiger partial charge in [-0.15, -0.1) is 0 Å². The largest absolute Gasteiger partial charge is 0.444 e. The SMILES string of the molecule is CC(C)(C)OC(=O)N1CCC[C@H]1c1ncc(-c2ccc3c(c2)Sc2cc(-c4cnc(C5CCCC5)[nH]4)ccc2S3)[nH]1. The van der Waals surface area contributed by atoms with Crippen molar-refractivity contribution in [3.05, 3.63) is 60.4 Å². The average Bonchev–Trinajstić information content (AvgIpc) is 3.76. The fourth-order valence-electron chi connectivity index (χ4n) is 6.05. The predicted molar refractivity (Wildman–Crippen MR) is 162 cm³/mol. The summed E-state index contributed by atoms with van der Waals surface area (Å²) in [5, 5.41) is 0. The van der Waals surface area contributed by atoms with E-state index >= 15 is 0 Å². The highest BCUT2D eigenvalue weighted by atomic mass is 32.2. The number of nitrogens with one attached hydrogen (secondary N) is 2. The first-order valence-corrected chi connectivity index (χ1v) is 16.2. The van der Waals surface area contributed by atoms with Gasteiger partial charge in [-0.25, -0.2) is 14.8 Å². The molecule has 4 aromatic rings. The summed E-state index contributed by atoms with van der Waals surface area (Å²) in [6.07, 6.45) is 10.5. The van der Waals surface area contributed by atoms with Crippen LogP contribution in [0.3, 0.4) is 0 Å². The maximum atomic E-state index is 12.8. The molecule has 0 radical (unpaired) electrons. The lowest BCUT2D eigenvalue weighted by Gasteiger charge is -2.27. The molecule has 3 aliphatic rings. The maximum Gasteiger partial charge on any atom is 0.410 e. The van der Waals surface area contributed by atoms with Gasteiger partial charge in [0, 0.05) is 43.2 Å². The summed E-state index contributed by atoms with van der Waals surface area (Å²) >= 11 is 3.63. The summed E-state index contributed by atoms with van der Waals surface area (Å²) in [5.74, 6) is 2.53. The van der Waals surface area contributed by atoms with Gasteiger partial charge in [0.15, 0.2) is 0 Å². The molecule has 2 N–H and O–H groups in total. The highest BCUT2D eigenvalue weighted by molar-refractivity contribution is 8.05. The average molecular weight is 586 g/mol. The lowest BCUT2D eigenvalue weighted by Crippen LogP contribution is -2.36. The zero-order valence-corrected chi connectivity index (χ0v) is 25.3. The molecule has 212 valence electrons. The van der Waals surface area contributed by atoms with Crippen molar-refractivity contribution in [3.8, 4) is 22.5 Å². The topological polar surface area (TPSA) is 86.9 Å². The van der Waals surface area contributed by atoms with Crippen LogP contribution in [-0.4, -0.2) is 43.1 Å². The number of aromatic amines is 2. The summed E-state index contributed by atoms with van der Waals surface area (Å²) in [7, 11) is 0. The molecule has 41 heavy (non-hydrogen) atoms. The number of fused-ring (bicyclic) bond motifs is 2. The molecule has 2 aromatic heterocycles. The Kier molecular flexibility index (Phi) is 6.90. The second kappa shape index (κ2) is 10.6. The third kappa shape index (κ3) is 5.42. The van der Waals surface area contributed by atoms with Crippen LogP contribution in [0.5, 0.6) is 0 Å². The van der Waals surface area contributed by atoms with Gasteiger partial charge in [0.2, 0.25) is 0 Å². The zero-order valence-electron chi connectivity index (χ0n) is 23.7. The maximum absolute atomic E-state index is 12.8. The van der Waals surface area contributed by atoms with E-state index in [4.69, 9.17) is 14.7 Å². The van der Waals surface area contributed by atoms with E-state index in [1.54, 1.807) is 4.90 Å². The van der Waals surface area contributed by atoms with E-state index in [-0.39, 0.29) is 12.1 Å². The van der Waals surface area contributed by atoms with Crippen LogP contribution < -0.4 is 0 Å². The summed E-state index contributed by atoms with van der Waals surface area (Å²) in [5.41, 5.74) is 3.80. The monoisotopic (exact) mass is 585 g/mol. The van der Waals surface area contributed by atoms with Gasteiger partial charge in [-0.05, 0) is 70.7 Å². The number of benzene rings is 2. The number of carbonyl (C=O) groups excluding carboxylic acids is 1. The van der Waals surface area contributed by atoms with Crippen LogP contribution >= 0.6 is 23.5 Å². The van der Waals surface area contributed by atoms with E-state index in [1.807, 2.05) is 56.7 Å². The van der Waals surface area contributed by atoms with Crippen molar-refractivity contribution in [2.24, 2.45) is 0 Å². The number of rotatable bonds is 4. The molecule has 0 unspecified atom stereocenters. The van der Waals surface area contributed by atoms with Gasteiger partial charge >= 0.3 is 6.09 Å². The van der Waals surface area contributed by atoms with Crippen molar-refractivity contribution in [1.82, 2.24) is 24.8 Å². The first-order valence-electron chi connectivity index (χ1n) is 14.5. The molecule has 1 amide bonds. The molecule has 2 fully saturated rings. The standard InChI is InChI=1S/C32H35N5O2S2/c1-32(2,3)39-31(38)37-14-6-9-24(37)30-34-18-23(36-30)21-11-13-26-28(16-21)41-27-15-20(10-12-25(27)40-26)22-17-33-29(35-22)19-7-4-5-8-19/h10-13,15-19,24H,4-9,14H2,1-3H3,(H,33,35)(H,34,36)/t24-/m0/s1. The fraction of sp³-hybridized carbons (Fsp3) is 0.406. The highest BCUT2D eigenvalue weighted by Crippen LogP contribution is 2.50. The van der Waals surface area contributed by atoms with Crippen LogP contribution in [0.4, 0.5) is 4.79 Å². The van der Waals surface area contributed by atoms with E-state index in [0.29, 0.717) is 12.5 Å². The Morgan fingerprint density at radius 1 is 0.829 bits per heavy atom. The fourth-order valence-corrected chi connectivity index (χ4v) is 8.32. The third-order valence-corrected chi connectivity index (χ3v) is 10.6. The molecule has 2 aliphatic heterocycles. The Balaban J connectivity index is 1.10. The molecule has 2 aromatic carbocycles. The minimum atomic E-state index is -0.520. The van der Waals surface area contributed by atoms with E-state index in [9.17, 15) is 4.79 Å². The molecule has 4 heterocycles. The lowest BCUT2D eigenvalue weighted by atomic mass is 10.1. The van der Waals surface area contributed by atoms with Crippen LogP contribution in [-0.2, 0) is 4.74 Å². The van der Waals surface area contributed by atoms with Gasteiger partial charge in [-0.3, -0.25) is 4.90 Å². The Hall–Kier alpha value is -3.17. The highest BCUT2D eigenvalue weighted by Gasteiger charge is 2.35. The lowest BCUT2D eigenvalue weighted by molar-refractivity contribution is 0.0218. The summed E-state index contributed by atoms with van der Waals surface area (Å²) in [4.78, 5) is 36.2. The predicted octanol–water partition coefficient (Wildman–Crippen LogP) is 8.81. The molecule has 1 saturated carbocycles. The molecule has 7 nitrogen and oxygen atoms in total. The number of amides is 1. The van der Waals surface area contributed by atoms with Crippen LogP contribution in [0.15, 0.2) is 68.4 Å². The smallest absolute Gasteiger partial charge is 0.410 e. The summed E-state index contributed by atoms with van der Waals surface area (Å²) in [6.45, 7) is 6.38. The van der Waals surface area contributed by atoms with Crippen molar-refractivity contribution >= 4 is 29.6 Å². The molecule has 1 saturated heterocycles. The van der Waals surface area contributed by atoms with Gasteiger partial charge in [-0.1, -0.05) is 48.5 Å². The van der Waals surface area contributed by atoms with Crippen molar-refractivity contribution < 1.29 is 9.53 Å². The van der Waals surface area contributed by atoms with Gasteiger partial charge in [-0.2, -0.15) is 0 Å². The second-order valence-electron chi connectivity index (χ2n) is 12.2. The number of H-pyrrole nitrogens is 2. The molecule has 7 rings (SSSR count). The minimum Gasteiger partial charge on any atom is -0.444 e. The number of carbonyl (C=O) groups is 1. The normalized spacial score (nSPS) is 18.9. The number of ether oxygens (including phenoxy) is 1. The molecule has 9 heteroatoms. The quantitative estimate of drug-likeness (QED) is 0.219. The summed E-state index contributed by atoms with van der Waals surface area (Å²) in [6, 6.07) is 13.2. The third-order valence-electron chi connectivity index (χ3n) is 8.08. The van der Waals surface area contributed by atoms with Crippen LogP contribution in [0, 0.1) is 0 Å². The molecule has 0 spiro atoms. The van der Waals surface area contributed by atoms with Crippen LogP contribution in [0.2, 0.25) is 0 Å². The number of hydrogen-bond acceptors (Lipinski definition) is 6. The van der Waals surface area contributed by atoms with Crippen molar-refractivity contribution in [1.29, 1.82) is 0 Å². The van der Waals surface area contributed by atoms with Gasteiger partial charge < -0.3 is 14.7 Å². The number of imidazole rings is 2. The van der Waals surface area contributed by atoms with E-state index in [2.05, 4.69) is 46.4 Å². The number of likely N-dealkylation sites (tertiary alicyclic amines) is 1. The molecule has 1 aliphatic carbocycles. The Bertz CT molecular complexity index is 1600. The molecular weight excluding hydrogens is 551 g/mol. The van der Waals surface area contributed by atoms with Crippen LogP contribution in [0.25, 0.3) is 22.5 Å². The number of hydrogen-bond donors (Lipinski definition) is 2. The minimum absolute atomic E-state index is 0.0943. The van der Waals surface area contributed by atoms with Gasteiger partial charge in [0.05, 0.1) is 29.8 Å². The molecule has 0 bridgehead atoms. The van der Waals surface area contributed by atoms with Crippen molar-refractivity contribution in [2.75, 3.05) is 6.54 Å². The Morgan fingerprint density at radius 2 is 1.41 bits per heavy atom. The first-order chi connectivity index (χ1) is 19.8. The molecule has 1 atom stereocenters. The van der Waals surface area contributed by atoms with Crippen LogP contribution in [0.1, 0.15) is 82.9 Å². The Morgan fingerprint density at radius 3 is 2.05 bits per heavy atom. The molecular formula is C32H35N5O2S2. The number of nitrogens with zero attached hydrogens (tertiary/aromatic N) is 3. The van der Waals surface area contributed by atoms with E-state index < -0.39 is 5.60 Å². The van der Waals surface area contributed by atoms with E-state index in [1.165, 1.54) is 50.8 Å². The first kappa shape index (κ1) is 26.7. The van der Waals surface area contributed by atoms with Crippen molar-refractivity contribution in [2.45, 2.75) is 96.4 Å². The second-order valence-corrected chi connectivity index (χ2v) is 14.4. The van der Waals surface area contributed by atoms with Crippen molar-refractivity contribution in [3.63, 3.8) is 0 Å². The Labute approximate surface area is 249 Å². The van der Waals surface area contributed by atoms with Gasteiger partial charge in [0.1, 0.15) is 17.2 Å². The number of aromatic nitrogens is 4. The van der Waals surface area contributed by atoms with E-state index in [0.717, 1.165) is 41.4 Å². The summed E-state index contributed by atoms with van der Waals surface area (Å²) < 4.78 is 5.65.